The number of nitrogens with zero attached hydrogens (tertiary/aromatic N) is 3. The Hall–Kier alpha value is -1.79. The van der Waals surface area contributed by atoms with E-state index in [2.05, 4.69) is 15.3 Å². The van der Waals surface area contributed by atoms with Crippen molar-refractivity contribution in [1.82, 2.24) is 14.9 Å². The molecule has 20 heavy (non-hydrogen) atoms. The molecule has 1 aromatic rings. The lowest BCUT2D eigenvalue weighted by Gasteiger charge is -2.34. The minimum atomic E-state index is -2.56. The van der Waals surface area contributed by atoms with Gasteiger partial charge in [-0.15, -0.1) is 0 Å². The van der Waals surface area contributed by atoms with Crippen LogP contribution in [0.4, 0.5) is 14.6 Å². The largest absolute Gasteiger partial charge is 0.361 e. The molecule has 1 aliphatic carbocycles. The average molecular weight is 282 g/mol. The standard InChI is InChI=1S/C13H16F2N4O/c14-13(15)5-9(6-13)10-4-11(18-8-17-10)16-7-12(20)19-2-1-3-19/h4,8-9H,1-3,5-7H2,(H,16,17,18). The van der Waals surface area contributed by atoms with Gasteiger partial charge in [-0.2, -0.15) is 0 Å². The SMILES string of the molecule is O=C(CNc1cc(C2CC(F)(F)C2)ncn1)N1CCC1. The number of carbonyl (C=O) groups is 1. The van der Waals surface area contributed by atoms with Gasteiger partial charge >= 0.3 is 0 Å². The first-order valence-corrected chi connectivity index (χ1v) is 6.75. The Morgan fingerprint density at radius 3 is 2.75 bits per heavy atom. The van der Waals surface area contributed by atoms with Crippen molar-refractivity contribution in [3.63, 3.8) is 0 Å². The molecule has 1 amide bonds. The van der Waals surface area contributed by atoms with Gasteiger partial charge in [0.1, 0.15) is 12.1 Å². The van der Waals surface area contributed by atoms with Gasteiger partial charge in [-0.3, -0.25) is 4.79 Å². The van der Waals surface area contributed by atoms with Crippen molar-refractivity contribution < 1.29 is 13.6 Å². The van der Waals surface area contributed by atoms with Crippen molar-refractivity contribution in [1.29, 1.82) is 0 Å². The molecule has 0 radical (unpaired) electrons. The molecule has 1 saturated carbocycles. The Kier molecular flexibility index (Phi) is 3.27. The molecule has 2 fully saturated rings. The van der Waals surface area contributed by atoms with Gasteiger partial charge < -0.3 is 10.2 Å². The number of carbonyl (C=O) groups excluding carboxylic acids is 1. The zero-order chi connectivity index (χ0) is 14.2. The number of rotatable bonds is 4. The number of hydrogen-bond acceptors (Lipinski definition) is 4. The lowest BCUT2D eigenvalue weighted by molar-refractivity contribution is -0.132. The maximum absolute atomic E-state index is 12.9. The zero-order valence-electron chi connectivity index (χ0n) is 11.0. The molecule has 0 unspecified atom stereocenters. The number of anilines is 1. The molecule has 0 bridgehead atoms. The number of halogens is 2. The van der Waals surface area contributed by atoms with Crippen LogP contribution in [0, 0.1) is 0 Å². The molecular formula is C13H16F2N4O. The van der Waals surface area contributed by atoms with Gasteiger partial charge in [-0.1, -0.05) is 0 Å². The lowest BCUT2D eigenvalue weighted by atomic mass is 9.79. The number of hydrogen-bond donors (Lipinski definition) is 1. The fraction of sp³-hybridized carbons (Fsp3) is 0.615. The van der Waals surface area contributed by atoms with Crippen LogP contribution in [0.25, 0.3) is 0 Å². The minimum Gasteiger partial charge on any atom is -0.361 e. The molecule has 3 rings (SSSR count). The van der Waals surface area contributed by atoms with E-state index in [1.807, 2.05) is 0 Å². The highest BCUT2D eigenvalue weighted by atomic mass is 19.3. The van der Waals surface area contributed by atoms with E-state index in [-0.39, 0.29) is 31.2 Å². The number of alkyl halides is 2. The van der Waals surface area contributed by atoms with Gasteiger partial charge in [-0.05, 0) is 6.42 Å². The van der Waals surface area contributed by atoms with Gasteiger partial charge in [0.2, 0.25) is 11.8 Å². The van der Waals surface area contributed by atoms with Crippen molar-refractivity contribution in [3.05, 3.63) is 18.1 Å². The van der Waals surface area contributed by atoms with Gasteiger partial charge in [0.05, 0.1) is 6.54 Å². The van der Waals surface area contributed by atoms with E-state index in [1.54, 1.807) is 11.0 Å². The van der Waals surface area contributed by atoms with Crippen molar-refractivity contribution in [2.45, 2.75) is 31.1 Å². The molecule has 1 N–H and O–H groups in total. The van der Waals surface area contributed by atoms with Crippen molar-refractivity contribution in [2.24, 2.45) is 0 Å². The van der Waals surface area contributed by atoms with Crippen molar-refractivity contribution >= 4 is 11.7 Å². The third-order valence-electron chi connectivity index (χ3n) is 3.83. The fourth-order valence-electron chi connectivity index (χ4n) is 2.41. The summed E-state index contributed by atoms with van der Waals surface area (Å²) in [5, 5.41) is 2.93. The monoisotopic (exact) mass is 282 g/mol. The van der Waals surface area contributed by atoms with Crippen LogP contribution in [0.3, 0.4) is 0 Å². The maximum Gasteiger partial charge on any atom is 0.249 e. The molecule has 108 valence electrons. The summed E-state index contributed by atoms with van der Waals surface area (Å²) in [6.07, 6.45) is 2.09. The molecule has 1 aromatic heterocycles. The Bertz CT molecular complexity index is 511. The van der Waals surface area contributed by atoms with Crippen molar-refractivity contribution in [2.75, 3.05) is 25.0 Å². The van der Waals surface area contributed by atoms with Crippen LogP contribution in [-0.4, -0.2) is 46.3 Å². The van der Waals surface area contributed by atoms with Crippen LogP contribution in [0.15, 0.2) is 12.4 Å². The smallest absolute Gasteiger partial charge is 0.249 e. The van der Waals surface area contributed by atoms with E-state index in [0.29, 0.717) is 11.5 Å². The molecule has 0 atom stereocenters. The summed E-state index contributed by atoms with van der Waals surface area (Å²) in [5.41, 5.74) is 0.616. The number of nitrogens with one attached hydrogen (secondary N) is 1. The summed E-state index contributed by atoms with van der Waals surface area (Å²) < 4.78 is 25.7. The zero-order valence-corrected chi connectivity index (χ0v) is 11.0. The predicted molar refractivity (Wildman–Crippen MR) is 68.6 cm³/mol. The highest BCUT2D eigenvalue weighted by Gasteiger charge is 2.46. The molecule has 0 aromatic carbocycles. The predicted octanol–water partition coefficient (Wildman–Crippen LogP) is 1.63. The van der Waals surface area contributed by atoms with Gasteiger partial charge in [-0.25, -0.2) is 18.7 Å². The van der Waals surface area contributed by atoms with Crippen LogP contribution in [-0.2, 0) is 4.79 Å². The number of likely N-dealkylation sites (tertiary alicyclic amines) is 1. The Labute approximate surface area is 115 Å². The fourth-order valence-corrected chi connectivity index (χ4v) is 2.41. The second-order valence-corrected chi connectivity index (χ2v) is 5.38. The van der Waals surface area contributed by atoms with E-state index in [9.17, 15) is 13.6 Å². The Balaban J connectivity index is 1.56. The molecular weight excluding hydrogens is 266 g/mol. The normalized spacial score (nSPS) is 21.0. The van der Waals surface area contributed by atoms with Crippen LogP contribution >= 0.6 is 0 Å². The Morgan fingerprint density at radius 2 is 2.15 bits per heavy atom. The minimum absolute atomic E-state index is 0.0339. The molecule has 5 nitrogen and oxygen atoms in total. The summed E-state index contributed by atoms with van der Waals surface area (Å²) in [4.78, 5) is 21.5. The third-order valence-corrected chi connectivity index (χ3v) is 3.83. The van der Waals surface area contributed by atoms with Crippen LogP contribution in [0.5, 0.6) is 0 Å². The maximum atomic E-state index is 12.9. The van der Waals surface area contributed by atoms with Gasteiger partial charge in [0.25, 0.3) is 0 Å². The van der Waals surface area contributed by atoms with Crippen LogP contribution in [0.2, 0.25) is 0 Å². The summed E-state index contributed by atoms with van der Waals surface area (Å²) in [7, 11) is 0. The van der Waals surface area contributed by atoms with E-state index in [4.69, 9.17) is 0 Å². The quantitative estimate of drug-likeness (QED) is 0.912. The van der Waals surface area contributed by atoms with Crippen LogP contribution in [0.1, 0.15) is 30.9 Å². The van der Waals surface area contributed by atoms with Crippen LogP contribution < -0.4 is 5.32 Å². The highest BCUT2D eigenvalue weighted by molar-refractivity contribution is 5.81. The molecule has 7 heteroatoms. The average Bonchev–Trinajstić information content (AvgIpc) is 2.31. The lowest BCUT2D eigenvalue weighted by Crippen LogP contribution is -2.44. The molecule has 0 spiro atoms. The first-order valence-electron chi connectivity index (χ1n) is 6.75. The van der Waals surface area contributed by atoms with E-state index in [0.717, 1.165) is 19.5 Å². The van der Waals surface area contributed by atoms with Crippen molar-refractivity contribution in [3.8, 4) is 0 Å². The summed E-state index contributed by atoms with van der Waals surface area (Å²) in [6.45, 7) is 1.80. The van der Waals surface area contributed by atoms with E-state index >= 15 is 0 Å². The topological polar surface area (TPSA) is 58.1 Å². The number of amides is 1. The molecule has 1 saturated heterocycles. The molecule has 2 heterocycles. The summed E-state index contributed by atoms with van der Waals surface area (Å²) in [5.74, 6) is -2.22. The van der Waals surface area contributed by atoms with E-state index in [1.165, 1.54) is 6.33 Å². The summed E-state index contributed by atoms with van der Waals surface area (Å²) >= 11 is 0. The number of aromatic nitrogens is 2. The Morgan fingerprint density at radius 1 is 1.40 bits per heavy atom. The molecule has 1 aliphatic heterocycles. The van der Waals surface area contributed by atoms with E-state index < -0.39 is 5.92 Å². The molecule has 2 aliphatic rings. The third kappa shape index (κ3) is 2.71. The highest BCUT2D eigenvalue weighted by Crippen LogP contribution is 2.47. The second kappa shape index (κ2) is 4.96. The first kappa shape index (κ1) is 13.2. The first-order chi connectivity index (χ1) is 9.53. The van der Waals surface area contributed by atoms with Gasteiger partial charge in [0, 0.05) is 43.6 Å². The van der Waals surface area contributed by atoms with Gasteiger partial charge in [0.15, 0.2) is 0 Å². The second-order valence-electron chi connectivity index (χ2n) is 5.38. The summed E-state index contributed by atoms with van der Waals surface area (Å²) in [6, 6.07) is 1.66.